The summed E-state index contributed by atoms with van der Waals surface area (Å²) in [6.07, 6.45) is 3.91. The summed E-state index contributed by atoms with van der Waals surface area (Å²) < 4.78 is 15.1. The Balaban J connectivity index is 1.79. The van der Waals surface area contributed by atoms with Crippen LogP contribution in [-0.2, 0) is 12.8 Å². The Hall–Kier alpha value is -2.21. The summed E-state index contributed by atoms with van der Waals surface area (Å²) in [7, 11) is 0. The summed E-state index contributed by atoms with van der Waals surface area (Å²) in [5, 5.41) is 7.64. The number of likely N-dealkylation sites (N-methyl/N-ethyl adjacent to an activating group) is 1. The van der Waals surface area contributed by atoms with Gasteiger partial charge in [-0.15, -0.1) is 0 Å². The molecule has 1 aliphatic carbocycles. The summed E-state index contributed by atoms with van der Waals surface area (Å²) in [6.45, 7) is 8.83. The van der Waals surface area contributed by atoms with E-state index in [1.165, 1.54) is 12.1 Å². The molecule has 3 rings (SSSR count). The molecule has 0 spiro atoms. The SMILES string of the molecule is CCN(CCNC(=O)c1nn(-c2ccc(F)cc2)c2c1CCCC2)C(C)C. The Labute approximate surface area is 160 Å². The van der Waals surface area contributed by atoms with Crippen LogP contribution in [-0.4, -0.2) is 46.3 Å². The molecule has 1 amide bonds. The number of nitrogens with zero attached hydrogens (tertiary/aromatic N) is 3. The van der Waals surface area contributed by atoms with Crippen LogP contribution >= 0.6 is 0 Å². The predicted octanol–water partition coefficient (Wildman–Crippen LogP) is 3.35. The van der Waals surface area contributed by atoms with Crippen molar-refractivity contribution in [3.63, 3.8) is 0 Å². The van der Waals surface area contributed by atoms with E-state index in [9.17, 15) is 9.18 Å². The third-order valence-electron chi connectivity index (χ3n) is 5.29. The smallest absolute Gasteiger partial charge is 0.272 e. The molecule has 1 aliphatic rings. The number of aromatic nitrogens is 2. The van der Waals surface area contributed by atoms with Gasteiger partial charge in [0.1, 0.15) is 5.82 Å². The van der Waals surface area contributed by atoms with E-state index in [-0.39, 0.29) is 11.7 Å². The lowest BCUT2D eigenvalue weighted by molar-refractivity contribution is 0.0939. The highest BCUT2D eigenvalue weighted by Gasteiger charge is 2.25. The Morgan fingerprint density at radius 2 is 1.96 bits per heavy atom. The minimum Gasteiger partial charge on any atom is -0.349 e. The van der Waals surface area contributed by atoms with Gasteiger partial charge < -0.3 is 5.32 Å². The van der Waals surface area contributed by atoms with Crippen LogP contribution in [0.1, 0.15) is 55.4 Å². The second-order valence-electron chi connectivity index (χ2n) is 7.35. The second-order valence-corrected chi connectivity index (χ2v) is 7.35. The first-order chi connectivity index (χ1) is 13.0. The minimum atomic E-state index is -0.275. The number of halogens is 1. The van der Waals surface area contributed by atoms with Gasteiger partial charge in [0.15, 0.2) is 5.69 Å². The zero-order valence-electron chi connectivity index (χ0n) is 16.5. The number of benzene rings is 1. The van der Waals surface area contributed by atoms with Gasteiger partial charge in [0.05, 0.1) is 5.69 Å². The molecule has 1 N–H and O–H groups in total. The average molecular weight is 372 g/mol. The number of hydrogen-bond donors (Lipinski definition) is 1. The number of rotatable bonds is 7. The molecule has 0 atom stereocenters. The molecule has 0 fully saturated rings. The highest BCUT2D eigenvalue weighted by molar-refractivity contribution is 5.94. The fourth-order valence-corrected chi connectivity index (χ4v) is 3.76. The summed E-state index contributed by atoms with van der Waals surface area (Å²) in [5.74, 6) is -0.391. The Kier molecular flexibility index (Phi) is 6.26. The van der Waals surface area contributed by atoms with Gasteiger partial charge in [-0.05, 0) is 70.3 Å². The fraction of sp³-hybridized carbons (Fsp3) is 0.524. The van der Waals surface area contributed by atoms with E-state index in [0.29, 0.717) is 18.3 Å². The summed E-state index contributed by atoms with van der Waals surface area (Å²) in [4.78, 5) is 15.1. The van der Waals surface area contributed by atoms with Gasteiger partial charge in [0, 0.05) is 30.4 Å². The van der Waals surface area contributed by atoms with Crippen molar-refractivity contribution in [2.45, 2.75) is 52.5 Å². The number of hydrogen-bond acceptors (Lipinski definition) is 3. The zero-order chi connectivity index (χ0) is 19.4. The van der Waals surface area contributed by atoms with Crippen LogP contribution in [0.25, 0.3) is 5.69 Å². The Morgan fingerprint density at radius 3 is 2.63 bits per heavy atom. The van der Waals surface area contributed by atoms with E-state index in [0.717, 1.165) is 55.7 Å². The third kappa shape index (κ3) is 4.38. The van der Waals surface area contributed by atoms with Crippen molar-refractivity contribution in [3.05, 3.63) is 47.0 Å². The van der Waals surface area contributed by atoms with E-state index < -0.39 is 0 Å². The van der Waals surface area contributed by atoms with Crippen molar-refractivity contribution in [2.75, 3.05) is 19.6 Å². The molecule has 6 heteroatoms. The molecule has 1 aromatic carbocycles. The molecule has 5 nitrogen and oxygen atoms in total. The van der Waals surface area contributed by atoms with Crippen LogP contribution in [0.5, 0.6) is 0 Å². The predicted molar refractivity (Wildman–Crippen MR) is 105 cm³/mol. The molecule has 0 aliphatic heterocycles. The number of carbonyl (C=O) groups is 1. The molecule has 1 aromatic heterocycles. The summed E-state index contributed by atoms with van der Waals surface area (Å²) in [5.41, 5.74) is 3.43. The highest BCUT2D eigenvalue weighted by atomic mass is 19.1. The van der Waals surface area contributed by atoms with Crippen LogP contribution in [0.3, 0.4) is 0 Å². The minimum absolute atomic E-state index is 0.117. The lowest BCUT2D eigenvalue weighted by Crippen LogP contribution is -2.38. The first kappa shape index (κ1) is 19.5. The maximum Gasteiger partial charge on any atom is 0.272 e. The molecule has 1 heterocycles. The van der Waals surface area contributed by atoms with E-state index in [4.69, 9.17) is 0 Å². The molecular weight excluding hydrogens is 343 g/mol. The van der Waals surface area contributed by atoms with Crippen molar-refractivity contribution >= 4 is 5.91 Å². The van der Waals surface area contributed by atoms with Crippen molar-refractivity contribution in [3.8, 4) is 5.69 Å². The quantitative estimate of drug-likeness (QED) is 0.811. The van der Waals surface area contributed by atoms with Gasteiger partial charge in [-0.1, -0.05) is 6.92 Å². The number of amides is 1. The molecule has 0 saturated carbocycles. The normalized spacial score (nSPS) is 13.9. The number of fused-ring (bicyclic) bond motifs is 1. The van der Waals surface area contributed by atoms with Crippen LogP contribution in [0.2, 0.25) is 0 Å². The van der Waals surface area contributed by atoms with E-state index in [1.54, 1.807) is 12.1 Å². The number of nitrogens with one attached hydrogen (secondary N) is 1. The molecule has 2 aromatic rings. The van der Waals surface area contributed by atoms with Crippen LogP contribution in [0, 0.1) is 5.82 Å². The van der Waals surface area contributed by atoms with Crippen molar-refractivity contribution in [1.29, 1.82) is 0 Å². The first-order valence-electron chi connectivity index (χ1n) is 9.90. The van der Waals surface area contributed by atoms with Crippen LogP contribution < -0.4 is 5.32 Å². The standard InChI is InChI=1S/C21H29FN4O/c1-4-25(15(2)3)14-13-23-21(27)20-18-7-5-6-8-19(18)26(24-20)17-11-9-16(22)10-12-17/h9-12,15H,4-8,13-14H2,1-3H3,(H,23,27). The zero-order valence-corrected chi connectivity index (χ0v) is 16.5. The molecule has 146 valence electrons. The van der Waals surface area contributed by atoms with Gasteiger partial charge in [0.2, 0.25) is 0 Å². The van der Waals surface area contributed by atoms with Crippen molar-refractivity contribution in [1.82, 2.24) is 20.0 Å². The molecule has 27 heavy (non-hydrogen) atoms. The van der Waals surface area contributed by atoms with E-state index in [2.05, 4.69) is 36.1 Å². The maximum absolute atomic E-state index is 13.3. The van der Waals surface area contributed by atoms with Gasteiger partial charge >= 0.3 is 0 Å². The first-order valence-corrected chi connectivity index (χ1v) is 9.90. The molecule has 0 bridgehead atoms. The molecule has 0 saturated heterocycles. The monoisotopic (exact) mass is 372 g/mol. The Morgan fingerprint density at radius 1 is 1.26 bits per heavy atom. The second kappa shape index (κ2) is 8.65. The fourth-order valence-electron chi connectivity index (χ4n) is 3.76. The summed E-state index contributed by atoms with van der Waals surface area (Å²) in [6, 6.07) is 6.73. The third-order valence-corrected chi connectivity index (χ3v) is 5.29. The van der Waals surface area contributed by atoms with Gasteiger partial charge in [-0.3, -0.25) is 9.69 Å². The molecule has 0 radical (unpaired) electrons. The van der Waals surface area contributed by atoms with Crippen molar-refractivity contribution in [2.24, 2.45) is 0 Å². The largest absolute Gasteiger partial charge is 0.349 e. The molecule has 0 unspecified atom stereocenters. The Bertz CT molecular complexity index is 782. The highest BCUT2D eigenvalue weighted by Crippen LogP contribution is 2.27. The van der Waals surface area contributed by atoms with Crippen LogP contribution in [0.15, 0.2) is 24.3 Å². The van der Waals surface area contributed by atoms with Gasteiger partial charge in [-0.2, -0.15) is 5.10 Å². The maximum atomic E-state index is 13.3. The van der Waals surface area contributed by atoms with Crippen molar-refractivity contribution < 1.29 is 9.18 Å². The molecular formula is C21H29FN4O. The van der Waals surface area contributed by atoms with Crippen LogP contribution in [0.4, 0.5) is 4.39 Å². The summed E-state index contributed by atoms with van der Waals surface area (Å²) >= 11 is 0. The lowest BCUT2D eigenvalue weighted by atomic mass is 9.95. The van der Waals surface area contributed by atoms with Gasteiger partial charge in [0.25, 0.3) is 5.91 Å². The average Bonchev–Trinajstić information content (AvgIpc) is 3.05. The number of carbonyl (C=O) groups excluding carboxylic acids is 1. The lowest BCUT2D eigenvalue weighted by Gasteiger charge is -2.24. The van der Waals surface area contributed by atoms with E-state index >= 15 is 0 Å². The van der Waals surface area contributed by atoms with Gasteiger partial charge in [-0.25, -0.2) is 9.07 Å². The topological polar surface area (TPSA) is 50.2 Å². The van der Waals surface area contributed by atoms with E-state index in [1.807, 2.05) is 4.68 Å².